The van der Waals surface area contributed by atoms with Gasteiger partial charge >= 0.3 is 0 Å². The first-order valence-corrected chi connectivity index (χ1v) is 6.37. The zero-order valence-corrected chi connectivity index (χ0v) is 11.0. The highest BCUT2D eigenvalue weighted by molar-refractivity contribution is 5.81. The maximum atomic E-state index is 12.9. The van der Waals surface area contributed by atoms with E-state index in [0.29, 0.717) is 12.5 Å². The zero-order valence-electron chi connectivity index (χ0n) is 11.0. The van der Waals surface area contributed by atoms with Crippen LogP contribution in [0.3, 0.4) is 0 Å². The van der Waals surface area contributed by atoms with Crippen molar-refractivity contribution in [2.24, 2.45) is 10.7 Å². The van der Waals surface area contributed by atoms with Crippen LogP contribution >= 0.6 is 0 Å². The molecule has 1 aliphatic rings. The zero-order chi connectivity index (χ0) is 13.2. The first-order chi connectivity index (χ1) is 8.55. The van der Waals surface area contributed by atoms with E-state index in [1.165, 1.54) is 12.1 Å². The topological polar surface area (TPSA) is 41.6 Å². The van der Waals surface area contributed by atoms with E-state index in [1.54, 1.807) is 0 Å². The number of rotatable bonds is 4. The van der Waals surface area contributed by atoms with Crippen molar-refractivity contribution in [1.82, 2.24) is 4.90 Å². The molecule has 1 heterocycles. The summed E-state index contributed by atoms with van der Waals surface area (Å²) in [6, 6.07) is 6.67. The van der Waals surface area contributed by atoms with Gasteiger partial charge in [0.25, 0.3) is 0 Å². The highest BCUT2D eigenvalue weighted by atomic mass is 19.1. The molecule has 3 nitrogen and oxygen atoms in total. The quantitative estimate of drug-likeness (QED) is 0.888. The summed E-state index contributed by atoms with van der Waals surface area (Å²) in [7, 11) is 0. The normalized spacial score (nSPS) is 23.3. The SMILES string of the molecule is CCCN1C(N)=NCC1(C)Cc1ccc(F)cc1. The van der Waals surface area contributed by atoms with Gasteiger partial charge in [-0.05, 0) is 37.5 Å². The maximum Gasteiger partial charge on any atom is 0.191 e. The Labute approximate surface area is 108 Å². The molecule has 0 saturated heterocycles. The molecule has 0 aromatic heterocycles. The lowest BCUT2D eigenvalue weighted by Crippen LogP contribution is -2.51. The van der Waals surface area contributed by atoms with Crippen LogP contribution in [0.2, 0.25) is 0 Å². The number of hydrogen-bond acceptors (Lipinski definition) is 3. The molecule has 2 rings (SSSR count). The molecule has 1 aromatic rings. The molecule has 0 bridgehead atoms. The second-order valence-corrected chi connectivity index (χ2v) is 5.13. The van der Waals surface area contributed by atoms with Crippen molar-refractivity contribution in [3.8, 4) is 0 Å². The number of hydrogen-bond donors (Lipinski definition) is 1. The summed E-state index contributed by atoms with van der Waals surface area (Å²) in [6.45, 7) is 5.91. The highest BCUT2D eigenvalue weighted by Crippen LogP contribution is 2.26. The monoisotopic (exact) mass is 249 g/mol. The minimum absolute atomic E-state index is 0.0854. The molecule has 2 N–H and O–H groups in total. The van der Waals surface area contributed by atoms with Gasteiger partial charge in [-0.25, -0.2) is 4.39 Å². The molecule has 1 unspecified atom stereocenters. The molecule has 0 aliphatic carbocycles. The van der Waals surface area contributed by atoms with Crippen LogP contribution in [0.25, 0.3) is 0 Å². The fourth-order valence-electron chi connectivity index (χ4n) is 2.50. The van der Waals surface area contributed by atoms with Crippen molar-refractivity contribution in [2.75, 3.05) is 13.1 Å². The lowest BCUT2D eigenvalue weighted by molar-refractivity contribution is 0.221. The Kier molecular flexibility index (Phi) is 3.55. The van der Waals surface area contributed by atoms with Crippen LogP contribution in [0.4, 0.5) is 4.39 Å². The van der Waals surface area contributed by atoms with E-state index >= 15 is 0 Å². The molecule has 1 aliphatic heterocycles. The van der Waals surface area contributed by atoms with Gasteiger partial charge in [-0.3, -0.25) is 4.99 Å². The summed E-state index contributed by atoms with van der Waals surface area (Å²) < 4.78 is 12.9. The lowest BCUT2D eigenvalue weighted by Gasteiger charge is -2.36. The van der Waals surface area contributed by atoms with Crippen LogP contribution in [0.5, 0.6) is 0 Å². The van der Waals surface area contributed by atoms with Crippen LogP contribution in [-0.2, 0) is 6.42 Å². The Hall–Kier alpha value is -1.58. The molecule has 0 fully saturated rings. The van der Waals surface area contributed by atoms with Crippen LogP contribution < -0.4 is 5.73 Å². The van der Waals surface area contributed by atoms with Gasteiger partial charge in [-0.2, -0.15) is 0 Å². The van der Waals surface area contributed by atoms with Crippen molar-refractivity contribution in [3.05, 3.63) is 35.6 Å². The van der Waals surface area contributed by atoms with Crippen molar-refractivity contribution in [2.45, 2.75) is 32.2 Å². The summed E-state index contributed by atoms with van der Waals surface area (Å²) in [5.41, 5.74) is 6.96. The summed E-state index contributed by atoms with van der Waals surface area (Å²) >= 11 is 0. The third-order valence-electron chi connectivity index (χ3n) is 3.46. The second kappa shape index (κ2) is 4.96. The molecular weight excluding hydrogens is 229 g/mol. The number of benzene rings is 1. The molecule has 1 aromatic carbocycles. The Morgan fingerprint density at radius 3 is 2.67 bits per heavy atom. The van der Waals surface area contributed by atoms with Gasteiger partial charge in [0.05, 0.1) is 12.1 Å². The van der Waals surface area contributed by atoms with Gasteiger partial charge in [-0.15, -0.1) is 0 Å². The van der Waals surface area contributed by atoms with Gasteiger partial charge in [0, 0.05) is 6.54 Å². The van der Waals surface area contributed by atoms with E-state index in [9.17, 15) is 4.39 Å². The van der Waals surface area contributed by atoms with E-state index in [0.717, 1.165) is 24.9 Å². The van der Waals surface area contributed by atoms with Crippen LogP contribution in [0.1, 0.15) is 25.8 Å². The average molecular weight is 249 g/mol. The minimum atomic E-state index is -0.198. The third kappa shape index (κ3) is 2.47. The van der Waals surface area contributed by atoms with Crippen LogP contribution in [-0.4, -0.2) is 29.5 Å². The van der Waals surface area contributed by atoms with E-state index in [4.69, 9.17) is 5.73 Å². The summed E-state index contributed by atoms with van der Waals surface area (Å²) in [6.07, 6.45) is 1.87. The Morgan fingerprint density at radius 1 is 1.39 bits per heavy atom. The number of nitrogens with two attached hydrogens (primary N) is 1. The van der Waals surface area contributed by atoms with E-state index in [1.807, 2.05) is 12.1 Å². The van der Waals surface area contributed by atoms with Crippen molar-refractivity contribution in [3.63, 3.8) is 0 Å². The molecule has 0 radical (unpaired) electrons. The fourth-order valence-corrected chi connectivity index (χ4v) is 2.50. The predicted molar refractivity (Wildman–Crippen MR) is 72.0 cm³/mol. The van der Waals surface area contributed by atoms with E-state index in [2.05, 4.69) is 23.7 Å². The Bertz CT molecular complexity index is 441. The smallest absolute Gasteiger partial charge is 0.191 e. The average Bonchev–Trinajstić information content (AvgIpc) is 2.61. The molecule has 98 valence electrons. The van der Waals surface area contributed by atoms with Gasteiger partial charge < -0.3 is 10.6 Å². The number of nitrogens with zero attached hydrogens (tertiary/aromatic N) is 2. The summed E-state index contributed by atoms with van der Waals surface area (Å²) in [5.74, 6) is 0.429. The van der Waals surface area contributed by atoms with Gasteiger partial charge in [0.1, 0.15) is 5.82 Å². The summed E-state index contributed by atoms with van der Waals surface area (Å²) in [4.78, 5) is 6.51. The van der Waals surface area contributed by atoms with Gasteiger partial charge in [0.2, 0.25) is 0 Å². The second-order valence-electron chi connectivity index (χ2n) is 5.13. The maximum absolute atomic E-state index is 12.9. The minimum Gasteiger partial charge on any atom is -0.370 e. The Morgan fingerprint density at radius 2 is 2.06 bits per heavy atom. The largest absolute Gasteiger partial charge is 0.370 e. The standard InChI is InChI=1S/C14H20FN3/c1-3-8-18-13(16)17-10-14(18,2)9-11-4-6-12(15)7-5-11/h4-7H,3,8-10H2,1-2H3,(H2,16,17). The number of guanidine groups is 1. The summed E-state index contributed by atoms with van der Waals surface area (Å²) in [5, 5.41) is 0. The molecule has 0 saturated carbocycles. The van der Waals surface area contributed by atoms with Crippen LogP contribution in [0, 0.1) is 5.82 Å². The number of aliphatic imine (C=N–C) groups is 1. The van der Waals surface area contributed by atoms with Crippen LogP contribution in [0.15, 0.2) is 29.3 Å². The predicted octanol–water partition coefficient (Wildman–Crippen LogP) is 2.17. The van der Waals surface area contributed by atoms with Crippen molar-refractivity contribution in [1.29, 1.82) is 0 Å². The molecule has 1 atom stereocenters. The van der Waals surface area contributed by atoms with E-state index in [-0.39, 0.29) is 11.4 Å². The van der Waals surface area contributed by atoms with Crippen molar-refractivity contribution >= 4 is 5.96 Å². The molecule has 0 spiro atoms. The molecule has 4 heteroatoms. The van der Waals surface area contributed by atoms with Gasteiger partial charge in [0.15, 0.2) is 5.96 Å². The Balaban J connectivity index is 2.14. The fraction of sp³-hybridized carbons (Fsp3) is 0.500. The molecule has 18 heavy (non-hydrogen) atoms. The first-order valence-electron chi connectivity index (χ1n) is 6.37. The first kappa shape index (κ1) is 12.9. The van der Waals surface area contributed by atoms with E-state index < -0.39 is 0 Å². The van der Waals surface area contributed by atoms with Gasteiger partial charge in [-0.1, -0.05) is 19.1 Å². The molecule has 0 amide bonds. The molecular formula is C14H20FN3. The number of halogens is 1. The third-order valence-corrected chi connectivity index (χ3v) is 3.46. The lowest BCUT2D eigenvalue weighted by atomic mass is 9.92. The highest BCUT2D eigenvalue weighted by Gasteiger charge is 2.37. The van der Waals surface area contributed by atoms with Crippen molar-refractivity contribution < 1.29 is 4.39 Å².